The van der Waals surface area contributed by atoms with Crippen LogP contribution in [0.15, 0.2) is 11.6 Å². The minimum Gasteiger partial charge on any atom is -0.345 e. The minimum atomic E-state index is 0.307. The third kappa shape index (κ3) is 4.13. The fourth-order valence-electron chi connectivity index (χ4n) is 2.95. The zero-order chi connectivity index (χ0) is 12.8. The van der Waals surface area contributed by atoms with E-state index in [4.69, 9.17) is 0 Å². The second kappa shape index (κ2) is 6.93. The van der Waals surface area contributed by atoms with Crippen LogP contribution in [-0.4, -0.2) is 37.5 Å². The van der Waals surface area contributed by atoms with Gasteiger partial charge in [-0.2, -0.15) is 0 Å². The molecule has 1 amide bonds. The van der Waals surface area contributed by atoms with Crippen LogP contribution in [0, 0.1) is 5.92 Å². The molecule has 0 unspecified atom stereocenters. The molecule has 0 aromatic heterocycles. The number of amides is 1. The molecule has 0 aromatic carbocycles. The molecule has 1 heterocycles. The molecule has 3 nitrogen and oxygen atoms in total. The smallest absolute Gasteiger partial charge is 0.226 e. The summed E-state index contributed by atoms with van der Waals surface area (Å²) >= 11 is 0. The van der Waals surface area contributed by atoms with Gasteiger partial charge in [0.25, 0.3) is 0 Å². The number of nitrogens with zero attached hydrogens (tertiary/aromatic N) is 1. The lowest BCUT2D eigenvalue weighted by Gasteiger charge is -2.28. The van der Waals surface area contributed by atoms with Crippen LogP contribution < -0.4 is 5.32 Å². The second-order valence-corrected chi connectivity index (χ2v) is 5.75. The SMILES string of the molecule is CN(CC1CCNCC1)C(=O)CC1=CCCCC1. The number of allylic oxidation sites excluding steroid dienone is 1. The average molecular weight is 250 g/mol. The standard InChI is InChI=1S/C15H26N2O/c1-17(12-14-7-9-16-10-8-14)15(18)11-13-5-3-2-4-6-13/h5,14,16H,2-4,6-12H2,1H3. The Balaban J connectivity index is 1.75. The summed E-state index contributed by atoms with van der Waals surface area (Å²) in [6, 6.07) is 0. The first kappa shape index (κ1) is 13.6. The first-order chi connectivity index (χ1) is 8.75. The Morgan fingerprint density at radius 2 is 2.17 bits per heavy atom. The largest absolute Gasteiger partial charge is 0.345 e. The molecule has 0 aromatic rings. The maximum Gasteiger partial charge on any atom is 0.226 e. The van der Waals surface area contributed by atoms with Crippen LogP contribution in [0.3, 0.4) is 0 Å². The van der Waals surface area contributed by atoms with E-state index in [-0.39, 0.29) is 0 Å². The molecule has 0 saturated carbocycles. The quantitative estimate of drug-likeness (QED) is 0.777. The van der Waals surface area contributed by atoms with Crippen LogP contribution in [0.5, 0.6) is 0 Å². The summed E-state index contributed by atoms with van der Waals surface area (Å²) in [4.78, 5) is 14.1. The van der Waals surface area contributed by atoms with Crippen LogP contribution in [0.1, 0.15) is 44.9 Å². The molecule has 1 fully saturated rings. The molecule has 2 rings (SSSR count). The van der Waals surface area contributed by atoms with Crippen molar-refractivity contribution in [2.75, 3.05) is 26.7 Å². The molecule has 1 N–H and O–H groups in total. The highest BCUT2D eigenvalue weighted by atomic mass is 16.2. The van der Waals surface area contributed by atoms with Gasteiger partial charge in [0, 0.05) is 20.0 Å². The third-order valence-electron chi connectivity index (χ3n) is 4.18. The second-order valence-electron chi connectivity index (χ2n) is 5.75. The highest BCUT2D eigenvalue weighted by molar-refractivity contribution is 5.78. The van der Waals surface area contributed by atoms with E-state index < -0.39 is 0 Å². The first-order valence-electron chi connectivity index (χ1n) is 7.38. The van der Waals surface area contributed by atoms with Crippen molar-refractivity contribution < 1.29 is 4.79 Å². The zero-order valence-corrected chi connectivity index (χ0v) is 11.6. The highest BCUT2D eigenvalue weighted by Crippen LogP contribution is 2.21. The number of hydrogen-bond acceptors (Lipinski definition) is 2. The van der Waals surface area contributed by atoms with Gasteiger partial charge in [-0.3, -0.25) is 4.79 Å². The third-order valence-corrected chi connectivity index (χ3v) is 4.18. The van der Waals surface area contributed by atoms with Crippen molar-refractivity contribution in [1.29, 1.82) is 0 Å². The van der Waals surface area contributed by atoms with Gasteiger partial charge in [-0.15, -0.1) is 0 Å². The monoisotopic (exact) mass is 250 g/mol. The number of rotatable bonds is 4. The van der Waals surface area contributed by atoms with E-state index in [1.807, 2.05) is 11.9 Å². The predicted molar refractivity (Wildman–Crippen MR) is 74.4 cm³/mol. The van der Waals surface area contributed by atoms with E-state index >= 15 is 0 Å². The highest BCUT2D eigenvalue weighted by Gasteiger charge is 2.19. The Labute approximate surface area is 111 Å². The molecule has 0 atom stereocenters. The van der Waals surface area contributed by atoms with Gasteiger partial charge >= 0.3 is 0 Å². The Morgan fingerprint density at radius 3 is 2.83 bits per heavy atom. The van der Waals surface area contributed by atoms with Crippen molar-refractivity contribution in [3.63, 3.8) is 0 Å². The van der Waals surface area contributed by atoms with E-state index in [1.54, 1.807) is 0 Å². The molecule has 102 valence electrons. The van der Waals surface area contributed by atoms with E-state index in [1.165, 1.54) is 37.7 Å². The summed E-state index contributed by atoms with van der Waals surface area (Å²) in [5.41, 5.74) is 1.36. The van der Waals surface area contributed by atoms with Crippen molar-refractivity contribution in [1.82, 2.24) is 10.2 Å². The maximum absolute atomic E-state index is 12.2. The van der Waals surface area contributed by atoms with Crippen molar-refractivity contribution in [2.45, 2.75) is 44.9 Å². The maximum atomic E-state index is 12.2. The van der Waals surface area contributed by atoms with Crippen LogP contribution in [0.25, 0.3) is 0 Å². The van der Waals surface area contributed by atoms with Gasteiger partial charge in [0.2, 0.25) is 5.91 Å². The van der Waals surface area contributed by atoms with E-state index in [9.17, 15) is 4.79 Å². The Morgan fingerprint density at radius 1 is 1.39 bits per heavy atom. The molecule has 3 heteroatoms. The Bertz CT molecular complexity index is 306. The molecule has 1 saturated heterocycles. The van der Waals surface area contributed by atoms with E-state index in [0.717, 1.165) is 26.1 Å². The number of hydrogen-bond donors (Lipinski definition) is 1. The zero-order valence-electron chi connectivity index (χ0n) is 11.6. The van der Waals surface area contributed by atoms with Gasteiger partial charge in [-0.1, -0.05) is 11.6 Å². The summed E-state index contributed by atoms with van der Waals surface area (Å²) in [5, 5.41) is 3.37. The van der Waals surface area contributed by atoms with Gasteiger partial charge in [-0.25, -0.2) is 0 Å². The fraction of sp³-hybridized carbons (Fsp3) is 0.800. The molecule has 2 aliphatic rings. The van der Waals surface area contributed by atoms with Crippen LogP contribution in [0.2, 0.25) is 0 Å². The summed E-state index contributed by atoms with van der Waals surface area (Å²) < 4.78 is 0. The van der Waals surface area contributed by atoms with Crippen molar-refractivity contribution in [2.24, 2.45) is 5.92 Å². The molecule has 0 bridgehead atoms. The molecule has 0 spiro atoms. The fourth-order valence-corrected chi connectivity index (χ4v) is 2.95. The molecule has 18 heavy (non-hydrogen) atoms. The normalized spacial score (nSPS) is 21.5. The van der Waals surface area contributed by atoms with E-state index in [2.05, 4.69) is 11.4 Å². The number of piperidine rings is 1. The van der Waals surface area contributed by atoms with Crippen molar-refractivity contribution >= 4 is 5.91 Å². The molecule has 0 radical (unpaired) electrons. The number of nitrogens with one attached hydrogen (secondary N) is 1. The van der Waals surface area contributed by atoms with Gasteiger partial charge in [-0.05, 0) is 57.5 Å². The lowest BCUT2D eigenvalue weighted by atomic mass is 9.95. The lowest BCUT2D eigenvalue weighted by Crippen LogP contribution is -2.37. The molecular weight excluding hydrogens is 224 g/mol. The van der Waals surface area contributed by atoms with Crippen LogP contribution >= 0.6 is 0 Å². The predicted octanol–water partition coefficient (Wildman–Crippen LogP) is 2.33. The summed E-state index contributed by atoms with van der Waals surface area (Å²) in [7, 11) is 1.97. The first-order valence-corrected chi connectivity index (χ1v) is 7.38. The van der Waals surface area contributed by atoms with Gasteiger partial charge in [0.15, 0.2) is 0 Å². The van der Waals surface area contributed by atoms with Crippen molar-refractivity contribution in [3.8, 4) is 0 Å². The van der Waals surface area contributed by atoms with Crippen LogP contribution in [-0.2, 0) is 4.79 Å². The number of carbonyl (C=O) groups is 1. The molecule has 1 aliphatic heterocycles. The van der Waals surface area contributed by atoms with Gasteiger partial charge in [0.1, 0.15) is 0 Å². The lowest BCUT2D eigenvalue weighted by molar-refractivity contribution is -0.129. The van der Waals surface area contributed by atoms with Gasteiger partial charge < -0.3 is 10.2 Å². The summed E-state index contributed by atoms with van der Waals surface area (Å²) in [6.07, 6.45) is 10.2. The van der Waals surface area contributed by atoms with E-state index in [0.29, 0.717) is 18.2 Å². The topological polar surface area (TPSA) is 32.3 Å². The van der Waals surface area contributed by atoms with Crippen molar-refractivity contribution in [3.05, 3.63) is 11.6 Å². The van der Waals surface area contributed by atoms with Crippen LogP contribution in [0.4, 0.5) is 0 Å². The Kier molecular flexibility index (Phi) is 5.24. The summed E-state index contributed by atoms with van der Waals surface area (Å²) in [5.74, 6) is 1.00. The molecular formula is C15H26N2O. The van der Waals surface area contributed by atoms with Gasteiger partial charge in [0.05, 0.1) is 0 Å². The summed E-state index contributed by atoms with van der Waals surface area (Å²) in [6.45, 7) is 3.16. The minimum absolute atomic E-state index is 0.307. The Hall–Kier alpha value is -0.830. The molecule has 1 aliphatic carbocycles. The number of carbonyl (C=O) groups excluding carboxylic acids is 1. The average Bonchev–Trinajstić information content (AvgIpc) is 2.41.